The van der Waals surface area contributed by atoms with Crippen molar-refractivity contribution in [3.8, 4) is 5.75 Å². The highest BCUT2D eigenvalue weighted by atomic mass is 35.5. The van der Waals surface area contributed by atoms with Crippen molar-refractivity contribution in [2.75, 3.05) is 13.2 Å². The summed E-state index contributed by atoms with van der Waals surface area (Å²) in [6.07, 6.45) is 1.73. The number of rotatable bonds is 5. The number of amides is 1. The van der Waals surface area contributed by atoms with Gasteiger partial charge in [-0.25, -0.2) is 4.39 Å². The quantitative estimate of drug-likeness (QED) is 0.715. The molecule has 0 atom stereocenters. The zero-order valence-corrected chi connectivity index (χ0v) is 13.4. The van der Waals surface area contributed by atoms with Gasteiger partial charge < -0.3 is 10.1 Å². The van der Waals surface area contributed by atoms with Crippen LogP contribution in [0.4, 0.5) is 4.39 Å². The van der Waals surface area contributed by atoms with Crippen molar-refractivity contribution in [2.45, 2.75) is 0 Å². The molecule has 1 heterocycles. The monoisotopic (exact) mass is 344 g/mol. The SMILES string of the molecule is O=C(NCCOc1ccc2ncccc2c1)c1c(F)cccc1Cl. The molecule has 0 saturated heterocycles. The summed E-state index contributed by atoms with van der Waals surface area (Å²) in [5.41, 5.74) is 0.725. The van der Waals surface area contributed by atoms with Crippen LogP contribution in [-0.4, -0.2) is 24.0 Å². The predicted octanol–water partition coefficient (Wildman–Crippen LogP) is 3.84. The summed E-state index contributed by atoms with van der Waals surface area (Å²) in [5, 5.41) is 3.64. The second kappa shape index (κ2) is 7.27. The summed E-state index contributed by atoms with van der Waals surface area (Å²) in [6.45, 7) is 0.484. The van der Waals surface area contributed by atoms with Crippen molar-refractivity contribution in [2.24, 2.45) is 0 Å². The number of carbonyl (C=O) groups excluding carboxylic acids is 1. The zero-order valence-electron chi connectivity index (χ0n) is 12.6. The van der Waals surface area contributed by atoms with Crippen molar-refractivity contribution >= 4 is 28.4 Å². The lowest BCUT2D eigenvalue weighted by molar-refractivity contribution is 0.0943. The second-order valence-electron chi connectivity index (χ2n) is 5.06. The lowest BCUT2D eigenvalue weighted by Gasteiger charge is -2.09. The molecule has 0 aliphatic carbocycles. The summed E-state index contributed by atoms with van der Waals surface area (Å²) in [5.74, 6) is -0.541. The van der Waals surface area contributed by atoms with E-state index < -0.39 is 11.7 Å². The standard InChI is InChI=1S/C18H14ClFN2O2/c19-14-4-1-5-15(20)17(14)18(23)22-9-10-24-13-6-7-16-12(11-13)3-2-8-21-16/h1-8,11H,9-10H2,(H,22,23). The minimum atomic E-state index is -0.650. The predicted molar refractivity (Wildman–Crippen MR) is 91.0 cm³/mol. The van der Waals surface area contributed by atoms with E-state index in [1.807, 2.05) is 30.3 Å². The van der Waals surface area contributed by atoms with Crippen LogP contribution >= 0.6 is 11.6 Å². The molecule has 1 aromatic heterocycles. The average Bonchev–Trinajstić information content (AvgIpc) is 2.58. The average molecular weight is 345 g/mol. The highest BCUT2D eigenvalue weighted by Gasteiger charge is 2.14. The molecule has 0 bridgehead atoms. The molecule has 0 spiro atoms. The van der Waals surface area contributed by atoms with Gasteiger partial charge in [0.15, 0.2) is 0 Å². The molecule has 0 unspecified atom stereocenters. The summed E-state index contributed by atoms with van der Waals surface area (Å²) in [7, 11) is 0. The van der Waals surface area contributed by atoms with Crippen LogP contribution in [0, 0.1) is 5.82 Å². The molecule has 3 rings (SSSR count). The van der Waals surface area contributed by atoms with Gasteiger partial charge in [-0.3, -0.25) is 9.78 Å². The maximum atomic E-state index is 13.6. The Bertz CT molecular complexity index is 866. The first-order valence-corrected chi connectivity index (χ1v) is 7.73. The van der Waals surface area contributed by atoms with Gasteiger partial charge in [-0.15, -0.1) is 0 Å². The summed E-state index contributed by atoms with van der Waals surface area (Å²) >= 11 is 5.85. The Morgan fingerprint density at radius 3 is 2.92 bits per heavy atom. The van der Waals surface area contributed by atoms with E-state index in [2.05, 4.69) is 10.3 Å². The molecule has 1 amide bonds. The third-order valence-corrected chi connectivity index (χ3v) is 3.74. The summed E-state index contributed by atoms with van der Waals surface area (Å²) in [6, 6.07) is 13.5. The molecule has 2 aromatic carbocycles. The third kappa shape index (κ3) is 3.63. The van der Waals surface area contributed by atoms with Crippen LogP contribution < -0.4 is 10.1 Å². The number of benzene rings is 2. The molecule has 0 aliphatic heterocycles. The molecule has 0 aliphatic rings. The molecular formula is C18H14ClFN2O2. The van der Waals surface area contributed by atoms with Crippen LogP contribution in [0.3, 0.4) is 0 Å². The largest absolute Gasteiger partial charge is 0.492 e. The lowest BCUT2D eigenvalue weighted by Crippen LogP contribution is -2.29. The number of carbonyl (C=O) groups is 1. The minimum absolute atomic E-state index is 0.0791. The van der Waals surface area contributed by atoms with E-state index in [4.69, 9.17) is 16.3 Å². The molecular weight excluding hydrogens is 331 g/mol. The molecule has 24 heavy (non-hydrogen) atoms. The van der Waals surface area contributed by atoms with Crippen molar-refractivity contribution in [1.82, 2.24) is 10.3 Å². The normalized spacial score (nSPS) is 10.6. The Morgan fingerprint density at radius 2 is 2.08 bits per heavy atom. The fourth-order valence-corrected chi connectivity index (χ4v) is 2.53. The van der Waals surface area contributed by atoms with Crippen LogP contribution in [0.2, 0.25) is 5.02 Å². The van der Waals surface area contributed by atoms with E-state index in [1.165, 1.54) is 18.2 Å². The number of hydrogen-bond acceptors (Lipinski definition) is 3. The van der Waals surface area contributed by atoms with Gasteiger partial charge in [0.2, 0.25) is 0 Å². The lowest BCUT2D eigenvalue weighted by atomic mass is 10.2. The molecule has 1 N–H and O–H groups in total. The Morgan fingerprint density at radius 1 is 1.21 bits per heavy atom. The number of pyridine rings is 1. The Labute approximate surface area is 143 Å². The minimum Gasteiger partial charge on any atom is -0.492 e. The molecule has 0 saturated carbocycles. The number of ether oxygens (including phenoxy) is 1. The fourth-order valence-electron chi connectivity index (χ4n) is 2.28. The summed E-state index contributed by atoms with van der Waals surface area (Å²) < 4.78 is 19.2. The third-order valence-electron chi connectivity index (χ3n) is 3.42. The van der Waals surface area contributed by atoms with Gasteiger partial charge >= 0.3 is 0 Å². The molecule has 4 nitrogen and oxygen atoms in total. The Balaban J connectivity index is 1.55. The van der Waals surface area contributed by atoms with Crippen LogP contribution in [-0.2, 0) is 0 Å². The van der Waals surface area contributed by atoms with Crippen LogP contribution in [0.5, 0.6) is 5.75 Å². The van der Waals surface area contributed by atoms with E-state index >= 15 is 0 Å². The van der Waals surface area contributed by atoms with Gasteiger partial charge in [0, 0.05) is 11.6 Å². The van der Waals surface area contributed by atoms with Crippen LogP contribution in [0.25, 0.3) is 10.9 Å². The van der Waals surface area contributed by atoms with Crippen molar-refractivity contribution in [1.29, 1.82) is 0 Å². The first-order chi connectivity index (χ1) is 11.6. The molecule has 0 radical (unpaired) electrons. The number of hydrogen-bond donors (Lipinski definition) is 1. The van der Waals surface area contributed by atoms with E-state index in [9.17, 15) is 9.18 Å². The first kappa shape index (κ1) is 16.2. The Kier molecular flexibility index (Phi) is 4.91. The number of fused-ring (bicyclic) bond motifs is 1. The molecule has 6 heteroatoms. The topological polar surface area (TPSA) is 51.2 Å². The molecule has 122 valence electrons. The number of halogens is 2. The Hall–Kier alpha value is -2.66. The smallest absolute Gasteiger partial charge is 0.255 e. The van der Waals surface area contributed by atoms with E-state index in [-0.39, 0.29) is 23.7 Å². The summed E-state index contributed by atoms with van der Waals surface area (Å²) in [4.78, 5) is 16.2. The number of aromatic nitrogens is 1. The van der Waals surface area contributed by atoms with Crippen LogP contribution in [0.1, 0.15) is 10.4 Å². The van der Waals surface area contributed by atoms with Crippen LogP contribution in [0.15, 0.2) is 54.7 Å². The number of nitrogens with zero attached hydrogens (tertiary/aromatic N) is 1. The van der Waals surface area contributed by atoms with E-state index in [1.54, 1.807) is 6.20 Å². The molecule has 0 fully saturated rings. The second-order valence-corrected chi connectivity index (χ2v) is 5.47. The van der Waals surface area contributed by atoms with Crippen molar-refractivity contribution in [3.05, 3.63) is 71.1 Å². The highest BCUT2D eigenvalue weighted by Crippen LogP contribution is 2.19. The van der Waals surface area contributed by atoms with E-state index in [0.717, 1.165) is 10.9 Å². The zero-order chi connectivity index (χ0) is 16.9. The first-order valence-electron chi connectivity index (χ1n) is 7.35. The number of nitrogens with one attached hydrogen (secondary N) is 1. The van der Waals surface area contributed by atoms with Gasteiger partial charge in [-0.1, -0.05) is 23.7 Å². The van der Waals surface area contributed by atoms with E-state index in [0.29, 0.717) is 5.75 Å². The van der Waals surface area contributed by atoms with Gasteiger partial charge in [-0.05, 0) is 36.4 Å². The van der Waals surface area contributed by atoms with Gasteiger partial charge in [0.1, 0.15) is 18.2 Å². The van der Waals surface area contributed by atoms with Crippen molar-refractivity contribution in [3.63, 3.8) is 0 Å². The maximum absolute atomic E-state index is 13.6. The highest BCUT2D eigenvalue weighted by molar-refractivity contribution is 6.33. The maximum Gasteiger partial charge on any atom is 0.255 e. The fraction of sp³-hybridized carbons (Fsp3) is 0.111. The molecule has 3 aromatic rings. The van der Waals surface area contributed by atoms with Gasteiger partial charge in [0.05, 0.1) is 22.6 Å². The van der Waals surface area contributed by atoms with Crippen molar-refractivity contribution < 1.29 is 13.9 Å². The van der Waals surface area contributed by atoms with Gasteiger partial charge in [-0.2, -0.15) is 0 Å². The van der Waals surface area contributed by atoms with Gasteiger partial charge in [0.25, 0.3) is 5.91 Å².